The first kappa shape index (κ1) is 5.56. The molecule has 0 aliphatic carbocycles. The van der Waals surface area contributed by atoms with Gasteiger partial charge in [-0.05, 0) is 6.42 Å². The number of hydrogen-bond donors (Lipinski definition) is 1. The number of aliphatic hydroxyl groups excluding tert-OH is 1. The Kier molecular flexibility index (Phi) is 1.48. The van der Waals surface area contributed by atoms with Crippen LogP contribution < -0.4 is 0 Å². The van der Waals surface area contributed by atoms with E-state index in [9.17, 15) is 4.79 Å². The third kappa shape index (κ3) is 1.20. The summed E-state index contributed by atoms with van der Waals surface area (Å²) in [6, 6.07) is 0. The molecule has 1 aliphatic rings. The fourth-order valence-electron chi connectivity index (χ4n) is 0.629. The van der Waals surface area contributed by atoms with E-state index in [2.05, 4.69) is 4.74 Å². The minimum absolute atomic E-state index is 0.179. The van der Waals surface area contributed by atoms with Crippen LogP contribution in [0.25, 0.3) is 0 Å². The Morgan fingerprint density at radius 3 is 2.88 bits per heavy atom. The zero-order chi connectivity index (χ0) is 5.98. The average molecular weight is 116 g/mol. The lowest BCUT2D eigenvalue weighted by atomic mass is 10.2. The largest absolute Gasteiger partial charge is 0.463 e. The summed E-state index contributed by atoms with van der Waals surface area (Å²) in [5.74, 6) is -0.199. The van der Waals surface area contributed by atoms with E-state index in [1.807, 2.05) is 0 Å². The van der Waals surface area contributed by atoms with Gasteiger partial charge in [0.15, 0.2) is 0 Å². The van der Waals surface area contributed by atoms with Crippen molar-refractivity contribution in [2.75, 3.05) is 6.61 Å². The Balaban J connectivity index is 2.29. The highest BCUT2D eigenvalue weighted by Crippen LogP contribution is 2.05. The van der Waals surface area contributed by atoms with Crippen molar-refractivity contribution in [3.05, 3.63) is 0 Å². The number of ether oxygens (including phenoxy) is 1. The Morgan fingerprint density at radius 1 is 1.75 bits per heavy atom. The van der Waals surface area contributed by atoms with Crippen LogP contribution in [0, 0.1) is 0 Å². The normalized spacial score (nSPS) is 29.6. The van der Waals surface area contributed by atoms with Gasteiger partial charge in [0.25, 0.3) is 0 Å². The van der Waals surface area contributed by atoms with Crippen molar-refractivity contribution < 1.29 is 14.6 Å². The van der Waals surface area contributed by atoms with Gasteiger partial charge >= 0.3 is 5.97 Å². The van der Waals surface area contributed by atoms with E-state index in [0.29, 0.717) is 12.8 Å². The fourth-order valence-corrected chi connectivity index (χ4v) is 0.629. The molecular weight excluding hydrogens is 108 g/mol. The highest BCUT2D eigenvalue weighted by Gasteiger charge is 2.16. The van der Waals surface area contributed by atoms with E-state index >= 15 is 0 Å². The highest BCUT2D eigenvalue weighted by atomic mass is 16.5. The van der Waals surface area contributed by atoms with Crippen LogP contribution in [0.2, 0.25) is 0 Å². The number of hydrogen-bond acceptors (Lipinski definition) is 3. The van der Waals surface area contributed by atoms with Gasteiger partial charge in [0.2, 0.25) is 0 Å². The quantitative estimate of drug-likeness (QED) is 0.441. The molecule has 8 heavy (non-hydrogen) atoms. The summed E-state index contributed by atoms with van der Waals surface area (Å²) >= 11 is 0. The van der Waals surface area contributed by atoms with Crippen molar-refractivity contribution >= 4 is 5.97 Å². The molecule has 46 valence electrons. The molecule has 0 saturated carbocycles. The summed E-state index contributed by atoms with van der Waals surface area (Å²) in [6.45, 7) is 0.179. The van der Waals surface area contributed by atoms with Crippen LogP contribution in [-0.4, -0.2) is 23.8 Å². The molecule has 1 rings (SSSR count). The van der Waals surface area contributed by atoms with E-state index in [-0.39, 0.29) is 12.6 Å². The lowest BCUT2D eigenvalue weighted by molar-refractivity contribution is -0.152. The Labute approximate surface area is 47.3 Å². The number of aliphatic hydroxyl groups is 1. The third-order valence-electron chi connectivity index (χ3n) is 1.12. The van der Waals surface area contributed by atoms with Crippen molar-refractivity contribution in [2.24, 2.45) is 0 Å². The monoisotopic (exact) mass is 116 g/mol. The van der Waals surface area contributed by atoms with E-state index in [1.54, 1.807) is 0 Å². The lowest BCUT2D eigenvalue weighted by Crippen LogP contribution is -2.25. The topological polar surface area (TPSA) is 46.5 Å². The van der Waals surface area contributed by atoms with Crippen molar-refractivity contribution in [1.82, 2.24) is 0 Å². The molecule has 0 aromatic rings. The van der Waals surface area contributed by atoms with Gasteiger partial charge in [0.1, 0.15) is 6.61 Å². The average Bonchev–Trinajstić information content (AvgIpc) is 1.77. The second-order valence-electron chi connectivity index (χ2n) is 1.88. The number of carbonyl (C=O) groups is 1. The van der Waals surface area contributed by atoms with Crippen LogP contribution in [0.15, 0.2) is 0 Å². The molecule has 1 heterocycles. The lowest BCUT2D eigenvalue weighted by Gasteiger charge is -2.15. The second-order valence-corrected chi connectivity index (χ2v) is 1.88. The summed E-state index contributed by atoms with van der Waals surface area (Å²) in [5.41, 5.74) is 0. The minimum atomic E-state index is -0.423. The maximum atomic E-state index is 10.3. The second kappa shape index (κ2) is 2.13. The predicted molar refractivity (Wildman–Crippen MR) is 26.2 cm³/mol. The van der Waals surface area contributed by atoms with Crippen LogP contribution in [0.1, 0.15) is 12.8 Å². The zero-order valence-electron chi connectivity index (χ0n) is 4.46. The molecule has 1 aliphatic heterocycles. The predicted octanol–water partition coefficient (Wildman–Crippen LogP) is -0.316. The summed E-state index contributed by atoms with van der Waals surface area (Å²) in [4.78, 5) is 10.3. The van der Waals surface area contributed by atoms with Gasteiger partial charge < -0.3 is 9.84 Å². The Hall–Kier alpha value is -0.570. The van der Waals surface area contributed by atoms with Gasteiger partial charge in [-0.3, -0.25) is 4.79 Å². The van der Waals surface area contributed by atoms with E-state index < -0.39 is 6.10 Å². The van der Waals surface area contributed by atoms with Crippen molar-refractivity contribution in [3.63, 3.8) is 0 Å². The fraction of sp³-hybridized carbons (Fsp3) is 0.800. The Bertz CT molecular complexity index is 89.8. The third-order valence-corrected chi connectivity index (χ3v) is 1.12. The Morgan fingerprint density at radius 2 is 2.50 bits per heavy atom. The first-order valence-corrected chi connectivity index (χ1v) is 2.63. The number of rotatable bonds is 0. The highest BCUT2D eigenvalue weighted by molar-refractivity contribution is 5.70. The first-order valence-electron chi connectivity index (χ1n) is 2.63. The molecule has 0 radical (unpaired) electrons. The maximum absolute atomic E-state index is 10.3. The van der Waals surface area contributed by atoms with Crippen molar-refractivity contribution in [1.29, 1.82) is 0 Å². The molecule has 0 aromatic heterocycles. The first-order chi connectivity index (χ1) is 3.79. The van der Waals surface area contributed by atoms with Gasteiger partial charge in [-0.25, -0.2) is 0 Å². The van der Waals surface area contributed by atoms with E-state index in [4.69, 9.17) is 5.11 Å². The summed E-state index contributed by atoms with van der Waals surface area (Å²) in [5, 5.41) is 8.75. The number of esters is 1. The van der Waals surface area contributed by atoms with E-state index in [0.717, 1.165) is 0 Å². The molecule has 1 N–H and O–H groups in total. The zero-order valence-corrected chi connectivity index (χ0v) is 4.46. The standard InChI is InChI=1S/C5H8O3/c6-4-1-2-5(7)8-3-4/h4,6H,1-3H2/t4-/m0/s1. The van der Waals surface area contributed by atoms with Crippen LogP contribution >= 0.6 is 0 Å². The van der Waals surface area contributed by atoms with E-state index in [1.165, 1.54) is 0 Å². The molecule has 0 bridgehead atoms. The van der Waals surface area contributed by atoms with Crippen molar-refractivity contribution in [2.45, 2.75) is 18.9 Å². The van der Waals surface area contributed by atoms with Crippen LogP contribution in [0.4, 0.5) is 0 Å². The molecular formula is C5H8O3. The molecule has 0 aromatic carbocycles. The molecule has 3 nitrogen and oxygen atoms in total. The van der Waals surface area contributed by atoms with Crippen LogP contribution in [0.3, 0.4) is 0 Å². The van der Waals surface area contributed by atoms with Crippen molar-refractivity contribution in [3.8, 4) is 0 Å². The number of cyclic esters (lactones) is 1. The van der Waals surface area contributed by atoms with Gasteiger partial charge in [-0.15, -0.1) is 0 Å². The molecule has 1 saturated heterocycles. The minimum Gasteiger partial charge on any atom is -0.463 e. The SMILES string of the molecule is O=C1CC[C@H](O)CO1. The van der Waals surface area contributed by atoms with Crippen LogP contribution in [0.5, 0.6) is 0 Å². The van der Waals surface area contributed by atoms with Gasteiger partial charge in [-0.1, -0.05) is 0 Å². The summed E-state index contributed by atoms with van der Waals surface area (Å²) in [7, 11) is 0. The molecule has 3 heteroatoms. The smallest absolute Gasteiger partial charge is 0.305 e. The maximum Gasteiger partial charge on any atom is 0.305 e. The molecule has 1 atom stereocenters. The molecule has 0 unspecified atom stereocenters. The number of carbonyl (C=O) groups excluding carboxylic acids is 1. The summed E-state index contributed by atoms with van der Waals surface area (Å²) < 4.78 is 4.50. The van der Waals surface area contributed by atoms with Crippen LogP contribution in [-0.2, 0) is 9.53 Å². The molecule has 1 fully saturated rings. The molecule has 0 spiro atoms. The molecule has 0 amide bonds. The van der Waals surface area contributed by atoms with Gasteiger partial charge in [0, 0.05) is 6.42 Å². The van der Waals surface area contributed by atoms with Gasteiger partial charge in [0.05, 0.1) is 6.10 Å². The van der Waals surface area contributed by atoms with Gasteiger partial charge in [-0.2, -0.15) is 0 Å². The summed E-state index contributed by atoms with van der Waals surface area (Å²) in [6.07, 6.45) is 0.493.